The van der Waals surface area contributed by atoms with Gasteiger partial charge in [-0.2, -0.15) is 0 Å². The van der Waals surface area contributed by atoms with E-state index >= 15 is 0 Å². The first-order valence-corrected chi connectivity index (χ1v) is 7.00. The fourth-order valence-electron chi connectivity index (χ4n) is 2.17. The summed E-state index contributed by atoms with van der Waals surface area (Å²) >= 11 is 1.78. The van der Waals surface area contributed by atoms with Crippen LogP contribution < -0.4 is 0 Å². The molecule has 2 aromatic heterocycles. The summed E-state index contributed by atoms with van der Waals surface area (Å²) in [6, 6.07) is 4.48. The van der Waals surface area contributed by atoms with E-state index in [1.807, 2.05) is 0 Å². The molecule has 0 bridgehead atoms. The standard InChI is InChI=1S/C12H14N4O2S/c17-12(18)11-8-16(14-13-11)9-6-15(7-9)4-3-10-2-1-5-19-10/h1-2,5,8-9H,3-4,6-7H2,(H,17,18). The van der Waals surface area contributed by atoms with Crippen molar-refractivity contribution in [1.29, 1.82) is 0 Å². The second kappa shape index (κ2) is 5.10. The zero-order chi connectivity index (χ0) is 13.2. The van der Waals surface area contributed by atoms with Crippen molar-refractivity contribution in [2.24, 2.45) is 0 Å². The van der Waals surface area contributed by atoms with Crippen LogP contribution in [0.4, 0.5) is 0 Å². The quantitative estimate of drug-likeness (QED) is 0.888. The lowest BCUT2D eigenvalue weighted by Gasteiger charge is -2.38. The van der Waals surface area contributed by atoms with Gasteiger partial charge in [0.2, 0.25) is 0 Å². The Morgan fingerprint density at radius 2 is 2.37 bits per heavy atom. The van der Waals surface area contributed by atoms with Crippen LogP contribution >= 0.6 is 11.3 Å². The van der Waals surface area contributed by atoms with Crippen LogP contribution in [-0.2, 0) is 6.42 Å². The molecule has 0 spiro atoms. The van der Waals surface area contributed by atoms with E-state index in [0.29, 0.717) is 0 Å². The Labute approximate surface area is 114 Å². The summed E-state index contributed by atoms with van der Waals surface area (Å²) < 4.78 is 1.66. The van der Waals surface area contributed by atoms with Gasteiger partial charge in [0.1, 0.15) is 0 Å². The van der Waals surface area contributed by atoms with E-state index in [2.05, 4.69) is 32.7 Å². The zero-order valence-electron chi connectivity index (χ0n) is 10.3. The van der Waals surface area contributed by atoms with Crippen molar-refractivity contribution in [2.45, 2.75) is 12.5 Å². The number of carboxylic acids is 1. The summed E-state index contributed by atoms with van der Waals surface area (Å²) in [5, 5.41) is 18.4. The lowest BCUT2D eigenvalue weighted by Crippen LogP contribution is -2.48. The van der Waals surface area contributed by atoms with Gasteiger partial charge in [-0.3, -0.25) is 4.90 Å². The molecular formula is C12H14N4O2S. The molecule has 0 aromatic carbocycles. The van der Waals surface area contributed by atoms with Crippen LogP contribution in [0.3, 0.4) is 0 Å². The highest BCUT2D eigenvalue weighted by molar-refractivity contribution is 7.09. The van der Waals surface area contributed by atoms with Gasteiger partial charge in [0, 0.05) is 24.5 Å². The number of nitrogens with zero attached hydrogens (tertiary/aromatic N) is 4. The van der Waals surface area contributed by atoms with Gasteiger partial charge < -0.3 is 5.11 Å². The Morgan fingerprint density at radius 1 is 1.53 bits per heavy atom. The molecule has 3 rings (SSSR count). The molecule has 19 heavy (non-hydrogen) atoms. The molecule has 3 heterocycles. The molecule has 1 fully saturated rings. The van der Waals surface area contributed by atoms with Crippen LogP contribution in [0.25, 0.3) is 0 Å². The summed E-state index contributed by atoms with van der Waals surface area (Å²) in [4.78, 5) is 14.5. The highest BCUT2D eigenvalue weighted by Gasteiger charge is 2.29. The molecule has 6 nitrogen and oxygen atoms in total. The van der Waals surface area contributed by atoms with Gasteiger partial charge >= 0.3 is 5.97 Å². The molecule has 1 N–H and O–H groups in total. The lowest BCUT2D eigenvalue weighted by molar-refractivity contribution is 0.0690. The lowest BCUT2D eigenvalue weighted by atomic mass is 10.1. The van der Waals surface area contributed by atoms with Crippen molar-refractivity contribution >= 4 is 17.3 Å². The second-order valence-electron chi connectivity index (χ2n) is 4.63. The number of rotatable bonds is 5. The van der Waals surface area contributed by atoms with Crippen molar-refractivity contribution in [3.8, 4) is 0 Å². The van der Waals surface area contributed by atoms with Crippen molar-refractivity contribution in [1.82, 2.24) is 19.9 Å². The Hall–Kier alpha value is -1.73. The summed E-state index contributed by atoms with van der Waals surface area (Å²) in [6.07, 6.45) is 2.58. The molecule has 0 radical (unpaired) electrons. The van der Waals surface area contributed by atoms with Gasteiger partial charge in [0.15, 0.2) is 5.69 Å². The average Bonchev–Trinajstić information content (AvgIpc) is 2.96. The molecule has 100 valence electrons. The summed E-state index contributed by atoms with van der Waals surface area (Å²) in [6.45, 7) is 2.86. The maximum atomic E-state index is 10.7. The molecule has 0 amide bonds. The maximum Gasteiger partial charge on any atom is 0.358 e. The van der Waals surface area contributed by atoms with E-state index in [0.717, 1.165) is 26.1 Å². The monoisotopic (exact) mass is 278 g/mol. The van der Waals surface area contributed by atoms with Crippen molar-refractivity contribution < 1.29 is 9.90 Å². The number of hydrogen-bond donors (Lipinski definition) is 1. The smallest absolute Gasteiger partial charge is 0.358 e. The van der Waals surface area contributed by atoms with E-state index in [-0.39, 0.29) is 11.7 Å². The Morgan fingerprint density at radius 3 is 3.00 bits per heavy atom. The number of likely N-dealkylation sites (tertiary alicyclic amines) is 1. The molecule has 1 aliphatic heterocycles. The van der Waals surface area contributed by atoms with Crippen LogP contribution in [-0.4, -0.2) is 50.6 Å². The Balaban J connectivity index is 1.48. The van der Waals surface area contributed by atoms with Gasteiger partial charge in [0.25, 0.3) is 0 Å². The SMILES string of the molecule is O=C(O)c1cn(C2CN(CCc3cccs3)C2)nn1. The fourth-order valence-corrected chi connectivity index (χ4v) is 2.87. The number of aromatic carboxylic acids is 1. The minimum absolute atomic E-state index is 0.0111. The fraction of sp³-hybridized carbons (Fsp3) is 0.417. The van der Waals surface area contributed by atoms with E-state index in [1.165, 1.54) is 11.1 Å². The van der Waals surface area contributed by atoms with Crippen molar-refractivity contribution in [3.05, 3.63) is 34.3 Å². The van der Waals surface area contributed by atoms with E-state index in [9.17, 15) is 4.79 Å². The number of hydrogen-bond acceptors (Lipinski definition) is 5. The normalized spacial score (nSPS) is 16.4. The molecule has 0 saturated carbocycles. The van der Waals surface area contributed by atoms with Gasteiger partial charge in [-0.15, -0.1) is 16.4 Å². The third-order valence-electron chi connectivity index (χ3n) is 3.30. The van der Waals surface area contributed by atoms with Gasteiger partial charge in [-0.1, -0.05) is 11.3 Å². The predicted molar refractivity (Wildman–Crippen MR) is 70.5 cm³/mol. The Bertz CT molecular complexity index is 560. The number of carboxylic acid groups (broad SMARTS) is 1. The van der Waals surface area contributed by atoms with Gasteiger partial charge in [-0.25, -0.2) is 9.48 Å². The number of thiophene rings is 1. The molecular weight excluding hydrogens is 264 g/mol. The molecule has 1 aliphatic rings. The van der Waals surface area contributed by atoms with Crippen LogP contribution in [0.15, 0.2) is 23.7 Å². The molecule has 2 aromatic rings. The third kappa shape index (κ3) is 2.66. The van der Waals surface area contributed by atoms with Crippen LogP contribution in [0, 0.1) is 0 Å². The first kappa shape index (κ1) is 12.3. The highest BCUT2D eigenvalue weighted by atomic mass is 32.1. The van der Waals surface area contributed by atoms with Crippen LogP contribution in [0.5, 0.6) is 0 Å². The minimum Gasteiger partial charge on any atom is -0.476 e. The van der Waals surface area contributed by atoms with Gasteiger partial charge in [-0.05, 0) is 17.9 Å². The predicted octanol–water partition coefficient (Wildman–Crippen LogP) is 1.14. The Kier molecular flexibility index (Phi) is 3.31. The first-order valence-electron chi connectivity index (χ1n) is 6.12. The molecule has 1 saturated heterocycles. The number of carbonyl (C=O) groups is 1. The third-order valence-corrected chi connectivity index (χ3v) is 4.23. The van der Waals surface area contributed by atoms with E-state index in [4.69, 9.17) is 5.11 Å². The molecule has 0 unspecified atom stereocenters. The zero-order valence-corrected chi connectivity index (χ0v) is 11.1. The van der Waals surface area contributed by atoms with E-state index in [1.54, 1.807) is 16.0 Å². The van der Waals surface area contributed by atoms with E-state index < -0.39 is 5.97 Å². The minimum atomic E-state index is -1.03. The van der Waals surface area contributed by atoms with Crippen molar-refractivity contribution in [2.75, 3.05) is 19.6 Å². The largest absolute Gasteiger partial charge is 0.476 e. The molecule has 0 aliphatic carbocycles. The summed E-state index contributed by atoms with van der Waals surface area (Å²) in [5.41, 5.74) is 0.0111. The summed E-state index contributed by atoms with van der Waals surface area (Å²) in [7, 11) is 0. The first-order chi connectivity index (χ1) is 9.22. The second-order valence-corrected chi connectivity index (χ2v) is 5.66. The number of aromatic nitrogens is 3. The maximum absolute atomic E-state index is 10.7. The van der Waals surface area contributed by atoms with Crippen LogP contribution in [0.1, 0.15) is 21.4 Å². The highest BCUT2D eigenvalue weighted by Crippen LogP contribution is 2.21. The average molecular weight is 278 g/mol. The molecule has 0 atom stereocenters. The van der Waals surface area contributed by atoms with Gasteiger partial charge in [0.05, 0.1) is 12.2 Å². The topological polar surface area (TPSA) is 71.2 Å². The van der Waals surface area contributed by atoms with Crippen LogP contribution in [0.2, 0.25) is 0 Å². The van der Waals surface area contributed by atoms with Crippen molar-refractivity contribution in [3.63, 3.8) is 0 Å². The molecule has 7 heteroatoms. The summed E-state index contributed by atoms with van der Waals surface area (Å²) in [5.74, 6) is -1.03.